The first-order chi connectivity index (χ1) is 13.5. The molecule has 0 bridgehead atoms. The Morgan fingerprint density at radius 1 is 0.964 bits per heavy atom. The third-order valence-electron chi connectivity index (χ3n) is 3.83. The summed E-state index contributed by atoms with van der Waals surface area (Å²) in [6.45, 7) is 4.07. The molecular weight excluding hydrogens is 370 g/mol. The van der Waals surface area contributed by atoms with Gasteiger partial charge in [0.1, 0.15) is 11.6 Å². The predicted octanol–water partition coefficient (Wildman–Crippen LogP) is 5.01. The summed E-state index contributed by atoms with van der Waals surface area (Å²) in [6.07, 6.45) is 5.28. The van der Waals surface area contributed by atoms with E-state index < -0.39 is 0 Å². The number of amides is 1. The van der Waals surface area contributed by atoms with Crippen LogP contribution in [0.15, 0.2) is 65.8 Å². The summed E-state index contributed by atoms with van der Waals surface area (Å²) in [4.78, 5) is 22.1. The highest BCUT2D eigenvalue weighted by molar-refractivity contribution is 7.98. The first-order valence-electron chi connectivity index (χ1n) is 8.94. The number of rotatable bonds is 7. The SMILES string of the molecule is CSc1cccc(Nc2ccc(NC(=O)c3ccc(NC(C)C)nc3)nc2)c1. The molecule has 0 aliphatic rings. The average Bonchev–Trinajstić information content (AvgIpc) is 2.69. The third-order valence-corrected chi connectivity index (χ3v) is 4.55. The standard InChI is InChI=1S/C21H23N5OS/c1-14(2)24-19-9-7-15(12-22-19)21(27)26-20-10-8-17(13-23-20)25-16-5-4-6-18(11-16)28-3/h4-14,25H,1-3H3,(H,22,24)(H,23,26,27). The Morgan fingerprint density at radius 2 is 1.75 bits per heavy atom. The predicted molar refractivity (Wildman–Crippen MR) is 117 cm³/mol. The Balaban J connectivity index is 1.61. The highest BCUT2D eigenvalue weighted by Gasteiger charge is 2.08. The molecule has 2 aromatic heterocycles. The van der Waals surface area contributed by atoms with Crippen molar-refractivity contribution in [2.75, 3.05) is 22.2 Å². The van der Waals surface area contributed by atoms with Crippen molar-refractivity contribution < 1.29 is 4.79 Å². The van der Waals surface area contributed by atoms with Crippen LogP contribution in [0.4, 0.5) is 23.0 Å². The number of anilines is 4. The van der Waals surface area contributed by atoms with Gasteiger partial charge in [-0.05, 0) is 62.6 Å². The molecule has 1 aromatic carbocycles. The molecule has 0 atom stereocenters. The molecule has 0 radical (unpaired) electrons. The van der Waals surface area contributed by atoms with E-state index in [0.717, 1.165) is 17.2 Å². The highest BCUT2D eigenvalue weighted by Crippen LogP contribution is 2.22. The molecule has 2 heterocycles. The highest BCUT2D eigenvalue weighted by atomic mass is 32.2. The van der Waals surface area contributed by atoms with Crippen LogP contribution < -0.4 is 16.0 Å². The lowest BCUT2D eigenvalue weighted by Gasteiger charge is -2.10. The molecule has 0 aliphatic heterocycles. The second-order valence-corrected chi connectivity index (χ2v) is 7.35. The number of hydrogen-bond acceptors (Lipinski definition) is 6. The van der Waals surface area contributed by atoms with Gasteiger partial charge in [0.2, 0.25) is 0 Å². The zero-order chi connectivity index (χ0) is 19.9. The lowest BCUT2D eigenvalue weighted by Crippen LogP contribution is -2.14. The number of hydrogen-bond donors (Lipinski definition) is 3. The first kappa shape index (κ1) is 19.7. The third kappa shape index (κ3) is 5.47. The molecule has 0 saturated heterocycles. The quantitative estimate of drug-likeness (QED) is 0.490. The van der Waals surface area contributed by atoms with Gasteiger partial charge in [-0.15, -0.1) is 11.8 Å². The molecule has 0 spiro atoms. The van der Waals surface area contributed by atoms with Crippen LogP contribution >= 0.6 is 11.8 Å². The van der Waals surface area contributed by atoms with Crippen LogP contribution in [0.1, 0.15) is 24.2 Å². The maximum atomic E-state index is 12.4. The lowest BCUT2D eigenvalue weighted by atomic mass is 10.2. The Kier molecular flexibility index (Phi) is 6.49. The molecule has 3 rings (SSSR count). The van der Waals surface area contributed by atoms with E-state index in [0.29, 0.717) is 11.4 Å². The fourth-order valence-corrected chi connectivity index (χ4v) is 2.97. The van der Waals surface area contributed by atoms with E-state index in [-0.39, 0.29) is 11.9 Å². The van der Waals surface area contributed by atoms with Gasteiger partial charge in [-0.3, -0.25) is 4.79 Å². The molecule has 6 nitrogen and oxygen atoms in total. The molecule has 28 heavy (non-hydrogen) atoms. The summed E-state index contributed by atoms with van der Waals surface area (Å²) in [5, 5.41) is 9.28. The maximum absolute atomic E-state index is 12.4. The Bertz CT molecular complexity index is 926. The van der Waals surface area contributed by atoms with Crippen molar-refractivity contribution in [3.05, 3.63) is 66.5 Å². The number of thioether (sulfide) groups is 1. The molecule has 0 fully saturated rings. The van der Waals surface area contributed by atoms with Gasteiger partial charge < -0.3 is 16.0 Å². The van der Waals surface area contributed by atoms with E-state index in [9.17, 15) is 4.79 Å². The van der Waals surface area contributed by atoms with Gasteiger partial charge in [-0.1, -0.05) is 6.07 Å². The van der Waals surface area contributed by atoms with Crippen LogP contribution in [-0.4, -0.2) is 28.2 Å². The number of benzene rings is 1. The van der Waals surface area contributed by atoms with Gasteiger partial charge in [-0.25, -0.2) is 9.97 Å². The molecule has 0 aliphatic carbocycles. The van der Waals surface area contributed by atoms with Gasteiger partial charge in [0.25, 0.3) is 5.91 Å². The zero-order valence-corrected chi connectivity index (χ0v) is 16.9. The summed E-state index contributed by atoms with van der Waals surface area (Å²) >= 11 is 1.69. The van der Waals surface area contributed by atoms with Crippen molar-refractivity contribution in [1.29, 1.82) is 0 Å². The van der Waals surface area contributed by atoms with Crippen molar-refractivity contribution in [2.45, 2.75) is 24.8 Å². The van der Waals surface area contributed by atoms with Gasteiger partial charge >= 0.3 is 0 Å². The topological polar surface area (TPSA) is 78.9 Å². The summed E-state index contributed by atoms with van der Waals surface area (Å²) in [5.74, 6) is 0.980. The second-order valence-electron chi connectivity index (χ2n) is 6.47. The van der Waals surface area contributed by atoms with E-state index in [1.54, 1.807) is 42.4 Å². The number of nitrogens with zero attached hydrogens (tertiary/aromatic N) is 2. The zero-order valence-electron chi connectivity index (χ0n) is 16.1. The van der Waals surface area contributed by atoms with Crippen LogP contribution in [0.2, 0.25) is 0 Å². The minimum absolute atomic E-state index is 0.246. The van der Waals surface area contributed by atoms with Crippen LogP contribution in [0.25, 0.3) is 0 Å². The van der Waals surface area contributed by atoms with E-state index in [2.05, 4.69) is 38.1 Å². The Hall–Kier alpha value is -3.06. The number of nitrogens with one attached hydrogen (secondary N) is 3. The Labute approximate surface area is 169 Å². The lowest BCUT2D eigenvalue weighted by molar-refractivity contribution is 0.102. The fraction of sp³-hybridized carbons (Fsp3) is 0.190. The average molecular weight is 394 g/mol. The molecule has 3 N–H and O–H groups in total. The monoisotopic (exact) mass is 393 g/mol. The Morgan fingerprint density at radius 3 is 2.39 bits per heavy atom. The number of pyridine rings is 2. The van der Waals surface area contributed by atoms with Crippen molar-refractivity contribution in [1.82, 2.24) is 9.97 Å². The second kappa shape index (κ2) is 9.23. The molecule has 7 heteroatoms. The minimum Gasteiger partial charge on any atom is -0.368 e. The largest absolute Gasteiger partial charge is 0.368 e. The van der Waals surface area contributed by atoms with Gasteiger partial charge in [-0.2, -0.15) is 0 Å². The van der Waals surface area contributed by atoms with Crippen LogP contribution in [0.5, 0.6) is 0 Å². The smallest absolute Gasteiger partial charge is 0.258 e. The normalized spacial score (nSPS) is 10.6. The number of aromatic nitrogens is 2. The van der Waals surface area contributed by atoms with Crippen molar-refractivity contribution in [2.24, 2.45) is 0 Å². The van der Waals surface area contributed by atoms with Crippen LogP contribution in [0, 0.1) is 0 Å². The van der Waals surface area contributed by atoms with E-state index in [1.807, 2.05) is 38.3 Å². The molecule has 0 unspecified atom stereocenters. The maximum Gasteiger partial charge on any atom is 0.258 e. The number of carbonyl (C=O) groups is 1. The molecule has 0 saturated carbocycles. The van der Waals surface area contributed by atoms with E-state index >= 15 is 0 Å². The van der Waals surface area contributed by atoms with Gasteiger partial charge in [0.05, 0.1) is 17.4 Å². The van der Waals surface area contributed by atoms with E-state index in [4.69, 9.17) is 0 Å². The summed E-state index contributed by atoms with van der Waals surface area (Å²) in [6, 6.07) is 15.6. The summed E-state index contributed by atoms with van der Waals surface area (Å²) in [5.41, 5.74) is 2.32. The minimum atomic E-state index is -0.246. The first-order valence-corrected chi connectivity index (χ1v) is 10.2. The molecular formula is C21H23N5OS. The van der Waals surface area contributed by atoms with Crippen LogP contribution in [-0.2, 0) is 0 Å². The van der Waals surface area contributed by atoms with E-state index in [1.165, 1.54) is 4.90 Å². The molecule has 3 aromatic rings. The summed E-state index contributed by atoms with van der Waals surface area (Å²) < 4.78 is 0. The van der Waals surface area contributed by atoms with Gasteiger partial charge in [0, 0.05) is 22.8 Å². The van der Waals surface area contributed by atoms with Crippen molar-refractivity contribution in [3.8, 4) is 0 Å². The molecule has 1 amide bonds. The molecule has 144 valence electrons. The van der Waals surface area contributed by atoms with Crippen molar-refractivity contribution >= 4 is 40.7 Å². The number of carbonyl (C=O) groups excluding carboxylic acids is 1. The van der Waals surface area contributed by atoms with Gasteiger partial charge in [0.15, 0.2) is 0 Å². The van der Waals surface area contributed by atoms with Crippen molar-refractivity contribution in [3.63, 3.8) is 0 Å². The van der Waals surface area contributed by atoms with Crippen LogP contribution in [0.3, 0.4) is 0 Å². The fourth-order valence-electron chi connectivity index (χ4n) is 2.51. The summed E-state index contributed by atoms with van der Waals surface area (Å²) in [7, 11) is 0.